The molecule has 8 heteroatoms. The molecule has 1 aliphatic rings. The van der Waals surface area contributed by atoms with Crippen molar-refractivity contribution in [2.75, 3.05) is 0 Å². The maximum atomic E-state index is 12.4. The number of rotatable bonds is 5. The molecular formula is C23H33N5O2S. The topological polar surface area (TPSA) is 92.7 Å². The third-order valence-electron chi connectivity index (χ3n) is 6.20. The van der Waals surface area contributed by atoms with Crippen LogP contribution in [0, 0.1) is 0 Å². The Morgan fingerprint density at radius 1 is 1.16 bits per heavy atom. The normalized spacial score (nSPS) is 20.6. The fourth-order valence-electron chi connectivity index (χ4n) is 4.05. The highest BCUT2D eigenvalue weighted by atomic mass is 32.2. The lowest BCUT2D eigenvalue weighted by atomic mass is 9.86. The summed E-state index contributed by atoms with van der Waals surface area (Å²) in [5, 5.41) is 5.73. The quantitative estimate of drug-likeness (QED) is 0.595. The summed E-state index contributed by atoms with van der Waals surface area (Å²) in [6.07, 6.45) is 7.49. The van der Waals surface area contributed by atoms with Crippen molar-refractivity contribution in [3.8, 4) is 11.3 Å². The van der Waals surface area contributed by atoms with Gasteiger partial charge >= 0.3 is 0 Å². The molecular weight excluding hydrogens is 410 g/mol. The van der Waals surface area contributed by atoms with Crippen molar-refractivity contribution in [3.05, 3.63) is 36.4 Å². The first-order valence-electron chi connectivity index (χ1n) is 11.1. The van der Waals surface area contributed by atoms with Gasteiger partial charge in [-0.3, -0.25) is 4.68 Å². The number of nitrogens with one attached hydrogen (secondary N) is 2. The Morgan fingerprint density at radius 2 is 1.87 bits per heavy atom. The van der Waals surface area contributed by atoms with Crippen LogP contribution in [0.15, 0.2) is 30.6 Å². The predicted octanol–water partition coefficient (Wildman–Crippen LogP) is 4.75. The van der Waals surface area contributed by atoms with E-state index >= 15 is 0 Å². The number of fused-ring (bicyclic) bond motifs is 1. The fraction of sp³-hybridized carbons (Fsp3) is 0.565. The summed E-state index contributed by atoms with van der Waals surface area (Å²) in [6, 6.07) is 6.62. The predicted molar refractivity (Wildman–Crippen MR) is 125 cm³/mol. The van der Waals surface area contributed by atoms with Gasteiger partial charge in [-0.05, 0) is 72.4 Å². The molecule has 31 heavy (non-hydrogen) atoms. The second kappa shape index (κ2) is 8.06. The number of sulfonamides is 1. The van der Waals surface area contributed by atoms with Crippen LogP contribution >= 0.6 is 0 Å². The molecule has 0 bridgehead atoms. The van der Waals surface area contributed by atoms with E-state index in [4.69, 9.17) is 0 Å². The van der Waals surface area contributed by atoms with Gasteiger partial charge in [-0.15, -0.1) is 0 Å². The number of aromatic nitrogens is 4. The Balaban J connectivity index is 1.43. The summed E-state index contributed by atoms with van der Waals surface area (Å²) in [6.45, 7) is 9.44. The van der Waals surface area contributed by atoms with Crippen LogP contribution in [0.4, 0.5) is 0 Å². The Hall–Kier alpha value is -2.19. The lowest BCUT2D eigenvalue weighted by Gasteiger charge is -2.30. The summed E-state index contributed by atoms with van der Waals surface area (Å²) in [5.74, 6) is 1.32. The van der Waals surface area contributed by atoms with Crippen molar-refractivity contribution in [3.63, 3.8) is 0 Å². The standard InChI is InChI=1S/C23H33N5O2S/c1-15(2)28-14-18-12-17(8-11-20(18)26-28)21-13-24-22(25-21)16-6-9-19(10-7-16)27-31(29,30)23(3,4)5/h8,11-16,19,27H,6-7,9-10H2,1-5H3,(H,24,25). The Kier molecular flexibility index (Phi) is 5.72. The van der Waals surface area contributed by atoms with Gasteiger partial charge in [-0.25, -0.2) is 18.1 Å². The molecule has 1 aliphatic carbocycles. The first-order valence-corrected chi connectivity index (χ1v) is 12.6. The first-order chi connectivity index (χ1) is 14.5. The maximum absolute atomic E-state index is 12.4. The van der Waals surface area contributed by atoms with E-state index in [0.29, 0.717) is 12.0 Å². The van der Waals surface area contributed by atoms with Gasteiger partial charge in [0.1, 0.15) is 5.82 Å². The second-order valence-electron chi connectivity index (χ2n) is 9.94. The fourth-order valence-corrected chi connectivity index (χ4v) is 5.08. The van der Waals surface area contributed by atoms with Gasteiger partial charge in [0.15, 0.2) is 0 Å². The van der Waals surface area contributed by atoms with Gasteiger partial charge in [0, 0.05) is 35.1 Å². The average molecular weight is 444 g/mol. The first kappa shape index (κ1) is 22.0. The van der Waals surface area contributed by atoms with Gasteiger partial charge in [0.25, 0.3) is 0 Å². The van der Waals surface area contributed by atoms with Gasteiger partial charge in [0.05, 0.1) is 22.2 Å². The zero-order valence-electron chi connectivity index (χ0n) is 19.0. The summed E-state index contributed by atoms with van der Waals surface area (Å²) < 4.78 is 29.0. The number of H-pyrrole nitrogens is 1. The molecule has 0 amide bonds. The smallest absolute Gasteiger partial charge is 0.216 e. The highest BCUT2D eigenvalue weighted by molar-refractivity contribution is 7.90. The molecule has 0 spiro atoms. The van der Waals surface area contributed by atoms with Crippen LogP contribution in [0.25, 0.3) is 22.2 Å². The monoisotopic (exact) mass is 443 g/mol. The van der Waals surface area contributed by atoms with Crippen LogP contribution in [-0.2, 0) is 10.0 Å². The Labute approximate surface area is 184 Å². The molecule has 7 nitrogen and oxygen atoms in total. The zero-order chi connectivity index (χ0) is 22.4. The SMILES string of the molecule is CC(C)n1cc2cc(-c3cnc(C4CCC(NS(=O)(=O)C(C)(C)C)CC4)[nH]3)ccc2n1. The van der Waals surface area contributed by atoms with E-state index in [9.17, 15) is 8.42 Å². The van der Waals surface area contributed by atoms with E-state index in [0.717, 1.165) is 53.7 Å². The maximum Gasteiger partial charge on any atom is 0.216 e. The molecule has 0 radical (unpaired) electrons. The molecule has 2 N–H and O–H groups in total. The lowest BCUT2D eigenvalue weighted by molar-refractivity contribution is 0.364. The molecule has 4 rings (SSSR count). The van der Waals surface area contributed by atoms with Gasteiger partial charge in [-0.2, -0.15) is 5.10 Å². The Morgan fingerprint density at radius 3 is 2.52 bits per heavy atom. The molecule has 3 aromatic rings. The van der Waals surface area contributed by atoms with Gasteiger partial charge in [-0.1, -0.05) is 6.07 Å². The van der Waals surface area contributed by atoms with Crippen LogP contribution < -0.4 is 4.72 Å². The molecule has 1 fully saturated rings. The van der Waals surface area contributed by atoms with Crippen LogP contribution in [0.3, 0.4) is 0 Å². The van der Waals surface area contributed by atoms with Crippen molar-refractivity contribution < 1.29 is 8.42 Å². The number of nitrogens with zero attached hydrogens (tertiary/aromatic N) is 3. The van der Waals surface area contributed by atoms with E-state index in [1.807, 2.05) is 10.9 Å². The number of hydrogen-bond acceptors (Lipinski definition) is 4. The number of benzene rings is 1. The highest BCUT2D eigenvalue weighted by Gasteiger charge is 2.33. The molecule has 0 atom stereocenters. The van der Waals surface area contributed by atoms with E-state index in [1.54, 1.807) is 20.8 Å². The minimum absolute atomic E-state index is 0.00908. The molecule has 1 saturated carbocycles. The molecule has 168 valence electrons. The number of hydrogen-bond donors (Lipinski definition) is 2. The third-order valence-corrected chi connectivity index (χ3v) is 8.46. The Bertz CT molecular complexity index is 1160. The number of imidazole rings is 1. The summed E-state index contributed by atoms with van der Waals surface area (Å²) in [5.41, 5.74) is 3.10. The van der Waals surface area contributed by atoms with Crippen LogP contribution in [0.5, 0.6) is 0 Å². The van der Waals surface area contributed by atoms with Gasteiger partial charge in [0.2, 0.25) is 10.0 Å². The lowest BCUT2D eigenvalue weighted by Crippen LogP contribution is -2.45. The molecule has 0 unspecified atom stereocenters. The molecule has 0 saturated heterocycles. The van der Waals surface area contributed by atoms with E-state index < -0.39 is 14.8 Å². The molecule has 2 aromatic heterocycles. The van der Waals surface area contributed by atoms with Gasteiger partial charge < -0.3 is 4.98 Å². The van der Waals surface area contributed by atoms with Crippen molar-refractivity contribution in [2.24, 2.45) is 0 Å². The minimum Gasteiger partial charge on any atom is -0.342 e. The average Bonchev–Trinajstić information content (AvgIpc) is 3.34. The van der Waals surface area contributed by atoms with Crippen molar-refractivity contribution in [2.45, 2.75) is 83.1 Å². The van der Waals surface area contributed by atoms with Crippen LogP contribution in [0.2, 0.25) is 0 Å². The molecule has 2 heterocycles. The van der Waals surface area contributed by atoms with Crippen molar-refractivity contribution in [1.29, 1.82) is 0 Å². The van der Waals surface area contributed by atoms with Crippen LogP contribution in [-0.4, -0.2) is 39.0 Å². The summed E-state index contributed by atoms with van der Waals surface area (Å²) in [7, 11) is -3.31. The van der Waals surface area contributed by atoms with Crippen LogP contribution in [0.1, 0.15) is 78.1 Å². The van der Waals surface area contributed by atoms with E-state index in [1.165, 1.54) is 0 Å². The second-order valence-corrected chi connectivity index (χ2v) is 12.4. The summed E-state index contributed by atoms with van der Waals surface area (Å²) in [4.78, 5) is 8.16. The van der Waals surface area contributed by atoms with E-state index in [-0.39, 0.29) is 6.04 Å². The molecule has 1 aromatic carbocycles. The minimum atomic E-state index is -3.31. The van der Waals surface area contributed by atoms with E-state index in [2.05, 4.69) is 58.0 Å². The van der Waals surface area contributed by atoms with Crippen molar-refractivity contribution >= 4 is 20.9 Å². The largest absolute Gasteiger partial charge is 0.342 e. The number of aromatic amines is 1. The third kappa shape index (κ3) is 4.55. The highest BCUT2D eigenvalue weighted by Crippen LogP contribution is 2.33. The summed E-state index contributed by atoms with van der Waals surface area (Å²) >= 11 is 0. The zero-order valence-corrected chi connectivity index (χ0v) is 19.8. The molecule has 0 aliphatic heterocycles. The van der Waals surface area contributed by atoms with Crippen molar-refractivity contribution in [1.82, 2.24) is 24.5 Å².